The van der Waals surface area contributed by atoms with Crippen LogP contribution in [0.5, 0.6) is 11.5 Å². The number of esters is 1. The van der Waals surface area contributed by atoms with Crippen molar-refractivity contribution in [3.8, 4) is 11.5 Å². The van der Waals surface area contributed by atoms with Gasteiger partial charge >= 0.3 is 5.97 Å². The summed E-state index contributed by atoms with van der Waals surface area (Å²) in [5, 5.41) is 3.04. The molecule has 0 saturated heterocycles. The number of hydrogen-bond donors (Lipinski definition) is 1. The molecule has 0 aliphatic heterocycles. The van der Waals surface area contributed by atoms with Crippen molar-refractivity contribution in [2.45, 2.75) is 52.2 Å². The second-order valence-corrected chi connectivity index (χ2v) is 7.03. The van der Waals surface area contributed by atoms with E-state index in [0.29, 0.717) is 23.3 Å². The minimum atomic E-state index is -0.871. The predicted molar refractivity (Wildman–Crippen MR) is 98.5 cm³/mol. The third kappa shape index (κ3) is 4.90. The molecule has 0 aromatic heterocycles. The summed E-state index contributed by atoms with van der Waals surface area (Å²) in [6.45, 7) is 5.96. The number of nitrogens with one attached hydrogen (secondary N) is 1. The lowest BCUT2D eigenvalue weighted by Gasteiger charge is -2.35. The summed E-state index contributed by atoms with van der Waals surface area (Å²) < 4.78 is 15.6. The highest BCUT2D eigenvalue weighted by Gasteiger charge is 2.30. The standard InChI is InChI=1S/C20H29NO5/c1-12-7-6-8-18(13(12)2)21-19(22)14(3)26-20(23)15-9-16(24-4)11-17(10-15)25-5/h9-14,18H,6-8H2,1-5H3,(H,21,22)/t12-,13+,14+,18-/m0/s1. The maximum absolute atomic E-state index is 12.4. The summed E-state index contributed by atoms with van der Waals surface area (Å²) in [6.07, 6.45) is 2.39. The number of carbonyl (C=O) groups is 2. The summed E-state index contributed by atoms with van der Waals surface area (Å²) in [4.78, 5) is 24.8. The Morgan fingerprint density at radius 1 is 1.08 bits per heavy atom. The lowest BCUT2D eigenvalue weighted by Crippen LogP contribution is -2.47. The van der Waals surface area contributed by atoms with Crippen LogP contribution in [0.25, 0.3) is 0 Å². The van der Waals surface area contributed by atoms with Crippen LogP contribution in [-0.4, -0.2) is 38.2 Å². The van der Waals surface area contributed by atoms with Crippen molar-refractivity contribution in [3.63, 3.8) is 0 Å². The molecule has 144 valence electrons. The molecule has 1 aliphatic carbocycles. The van der Waals surface area contributed by atoms with Gasteiger partial charge in [-0.2, -0.15) is 0 Å². The first-order valence-corrected chi connectivity index (χ1v) is 9.10. The van der Waals surface area contributed by atoms with Crippen LogP contribution in [0.2, 0.25) is 0 Å². The van der Waals surface area contributed by atoms with Crippen molar-refractivity contribution < 1.29 is 23.8 Å². The highest BCUT2D eigenvalue weighted by Crippen LogP contribution is 2.29. The molecule has 0 spiro atoms. The summed E-state index contributed by atoms with van der Waals surface area (Å²) in [5.74, 6) is 1.11. The van der Waals surface area contributed by atoms with Crippen molar-refractivity contribution in [3.05, 3.63) is 23.8 Å². The SMILES string of the molecule is COc1cc(OC)cc(C(=O)O[C@H](C)C(=O)N[C@H]2CCC[C@H](C)[C@H]2C)c1. The van der Waals surface area contributed by atoms with E-state index in [1.54, 1.807) is 25.1 Å². The van der Waals surface area contributed by atoms with Crippen LogP contribution >= 0.6 is 0 Å². The Labute approximate surface area is 155 Å². The predicted octanol–water partition coefficient (Wildman–Crippen LogP) is 3.19. The molecule has 4 atom stereocenters. The minimum absolute atomic E-state index is 0.129. The molecule has 0 radical (unpaired) electrons. The van der Waals surface area contributed by atoms with E-state index in [9.17, 15) is 9.59 Å². The Morgan fingerprint density at radius 3 is 2.27 bits per heavy atom. The molecule has 0 unspecified atom stereocenters. The molecule has 1 aliphatic rings. The number of benzene rings is 1. The molecule has 1 saturated carbocycles. The summed E-state index contributed by atoms with van der Waals surface area (Å²) in [5.41, 5.74) is 0.278. The topological polar surface area (TPSA) is 73.9 Å². The third-order valence-corrected chi connectivity index (χ3v) is 5.27. The van der Waals surface area contributed by atoms with Gasteiger partial charge < -0.3 is 19.5 Å². The van der Waals surface area contributed by atoms with Crippen molar-refractivity contribution in [1.82, 2.24) is 5.32 Å². The minimum Gasteiger partial charge on any atom is -0.497 e. The van der Waals surface area contributed by atoms with Gasteiger partial charge in [-0.3, -0.25) is 4.79 Å². The lowest BCUT2D eigenvalue weighted by molar-refractivity contribution is -0.130. The van der Waals surface area contributed by atoms with Crippen molar-refractivity contribution in [1.29, 1.82) is 0 Å². The van der Waals surface area contributed by atoms with E-state index in [0.717, 1.165) is 12.8 Å². The molecule has 6 nitrogen and oxygen atoms in total. The van der Waals surface area contributed by atoms with E-state index < -0.39 is 12.1 Å². The Balaban J connectivity index is 1.99. The van der Waals surface area contributed by atoms with Gasteiger partial charge in [0.1, 0.15) is 11.5 Å². The summed E-state index contributed by atoms with van der Waals surface area (Å²) in [6, 6.07) is 4.91. The zero-order valence-corrected chi connectivity index (χ0v) is 16.2. The summed E-state index contributed by atoms with van der Waals surface area (Å²) in [7, 11) is 3.01. The largest absolute Gasteiger partial charge is 0.497 e. The molecule has 1 aromatic rings. The van der Waals surface area contributed by atoms with Gasteiger partial charge in [0, 0.05) is 12.1 Å². The fourth-order valence-electron chi connectivity index (χ4n) is 3.29. The lowest BCUT2D eigenvalue weighted by atomic mass is 9.78. The Kier molecular flexibility index (Phi) is 6.89. The zero-order valence-electron chi connectivity index (χ0n) is 16.2. The molecule has 1 amide bonds. The second kappa shape index (κ2) is 8.92. The first-order chi connectivity index (χ1) is 12.3. The zero-order chi connectivity index (χ0) is 19.3. The highest BCUT2D eigenvalue weighted by atomic mass is 16.5. The van der Waals surface area contributed by atoms with Crippen LogP contribution in [0, 0.1) is 11.8 Å². The molecule has 1 fully saturated rings. The van der Waals surface area contributed by atoms with E-state index in [2.05, 4.69) is 19.2 Å². The molecule has 0 bridgehead atoms. The van der Waals surface area contributed by atoms with Crippen molar-refractivity contribution in [2.75, 3.05) is 14.2 Å². The number of amides is 1. The number of carbonyl (C=O) groups excluding carboxylic acids is 2. The van der Waals surface area contributed by atoms with E-state index in [1.807, 2.05) is 0 Å². The maximum atomic E-state index is 12.4. The van der Waals surface area contributed by atoms with Crippen LogP contribution in [0.15, 0.2) is 18.2 Å². The molecule has 6 heteroatoms. The van der Waals surface area contributed by atoms with Gasteiger partial charge in [-0.25, -0.2) is 4.79 Å². The molecule has 1 aromatic carbocycles. The average molecular weight is 363 g/mol. The van der Waals surface area contributed by atoms with Gasteiger partial charge in [0.15, 0.2) is 6.10 Å². The Morgan fingerprint density at radius 2 is 1.69 bits per heavy atom. The van der Waals surface area contributed by atoms with Gasteiger partial charge in [-0.05, 0) is 37.3 Å². The van der Waals surface area contributed by atoms with Gasteiger partial charge in [0.2, 0.25) is 0 Å². The van der Waals surface area contributed by atoms with Crippen molar-refractivity contribution >= 4 is 11.9 Å². The number of methoxy groups -OCH3 is 2. The van der Waals surface area contributed by atoms with E-state index in [4.69, 9.17) is 14.2 Å². The third-order valence-electron chi connectivity index (χ3n) is 5.27. The molecule has 1 N–H and O–H groups in total. The molecular formula is C20H29NO5. The summed E-state index contributed by atoms with van der Waals surface area (Å²) >= 11 is 0. The fourth-order valence-corrected chi connectivity index (χ4v) is 3.29. The van der Waals surface area contributed by atoms with Gasteiger partial charge in [0.25, 0.3) is 5.91 Å². The van der Waals surface area contributed by atoms with Crippen LogP contribution in [0.1, 0.15) is 50.4 Å². The van der Waals surface area contributed by atoms with Crippen LogP contribution in [0.3, 0.4) is 0 Å². The number of ether oxygens (including phenoxy) is 3. The monoisotopic (exact) mass is 363 g/mol. The van der Waals surface area contributed by atoms with E-state index in [-0.39, 0.29) is 17.5 Å². The number of hydrogen-bond acceptors (Lipinski definition) is 5. The van der Waals surface area contributed by atoms with Crippen LogP contribution in [0.4, 0.5) is 0 Å². The first-order valence-electron chi connectivity index (χ1n) is 9.10. The van der Waals surface area contributed by atoms with Gasteiger partial charge in [-0.1, -0.05) is 26.7 Å². The Bertz CT molecular complexity index is 623. The maximum Gasteiger partial charge on any atom is 0.339 e. The Hall–Kier alpha value is -2.24. The highest BCUT2D eigenvalue weighted by molar-refractivity contribution is 5.93. The van der Waals surface area contributed by atoms with Gasteiger partial charge in [0.05, 0.1) is 19.8 Å². The number of rotatable bonds is 6. The van der Waals surface area contributed by atoms with E-state index >= 15 is 0 Å². The molecule has 2 rings (SSSR count). The second-order valence-electron chi connectivity index (χ2n) is 7.03. The first kappa shape index (κ1) is 20.1. The van der Waals surface area contributed by atoms with Crippen LogP contribution in [-0.2, 0) is 9.53 Å². The molecule has 0 heterocycles. The quantitative estimate of drug-likeness (QED) is 0.786. The molecule has 26 heavy (non-hydrogen) atoms. The normalized spacial score (nSPS) is 23.7. The molecular weight excluding hydrogens is 334 g/mol. The van der Waals surface area contributed by atoms with Gasteiger partial charge in [-0.15, -0.1) is 0 Å². The van der Waals surface area contributed by atoms with Crippen LogP contribution < -0.4 is 14.8 Å². The smallest absolute Gasteiger partial charge is 0.339 e. The van der Waals surface area contributed by atoms with E-state index in [1.165, 1.54) is 20.6 Å². The van der Waals surface area contributed by atoms with Crippen molar-refractivity contribution in [2.24, 2.45) is 11.8 Å². The fraction of sp³-hybridized carbons (Fsp3) is 0.600. The average Bonchev–Trinajstić information content (AvgIpc) is 2.64.